The maximum Gasteiger partial charge on any atom is 0.173 e. The molecule has 0 saturated heterocycles. The number of amidine groups is 1. The Bertz CT molecular complexity index is 849. The molecule has 0 aromatic heterocycles. The van der Waals surface area contributed by atoms with Crippen molar-refractivity contribution in [1.82, 2.24) is 5.32 Å². The number of oxime groups is 2. The van der Waals surface area contributed by atoms with Gasteiger partial charge in [-0.25, -0.2) is 0 Å². The molecular weight excluding hydrogens is 350 g/mol. The van der Waals surface area contributed by atoms with E-state index in [-0.39, 0.29) is 0 Å². The Morgan fingerprint density at radius 2 is 1.85 bits per heavy atom. The fourth-order valence-electron chi connectivity index (χ4n) is 2.12. The van der Waals surface area contributed by atoms with Gasteiger partial charge in [0.2, 0.25) is 0 Å². The van der Waals surface area contributed by atoms with Crippen LogP contribution in [0.25, 0.3) is 0 Å². The van der Waals surface area contributed by atoms with Crippen LogP contribution in [0.15, 0.2) is 58.8 Å². The molecule has 26 heavy (non-hydrogen) atoms. The Morgan fingerprint density at radius 3 is 2.54 bits per heavy atom. The molecule has 6 heteroatoms. The highest BCUT2D eigenvalue weighted by Crippen LogP contribution is 2.11. The van der Waals surface area contributed by atoms with Crippen molar-refractivity contribution in [2.75, 3.05) is 14.2 Å². The van der Waals surface area contributed by atoms with E-state index >= 15 is 0 Å². The molecule has 2 aromatic carbocycles. The van der Waals surface area contributed by atoms with Crippen molar-refractivity contribution < 1.29 is 9.68 Å². The van der Waals surface area contributed by atoms with Crippen molar-refractivity contribution in [3.05, 3.63) is 70.2 Å². The minimum Gasteiger partial charge on any atom is -0.397 e. The van der Waals surface area contributed by atoms with Gasteiger partial charge in [-0.05, 0) is 37.1 Å². The Labute approximate surface area is 158 Å². The quantitative estimate of drug-likeness (QED) is 0.377. The van der Waals surface area contributed by atoms with E-state index in [2.05, 4.69) is 27.5 Å². The molecular formula is C20H20ClN3O2. The van der Waals surface area contributed by atoms with E-state index in [1.54, 1.807) is 26.1 Å². The number of halogens is 1. The van der Waals surface area contributed by atoms with Crippen LogP contribution in [0.3, 0.4) is 0 Å². The summed E-state index contributed by atoms with van der Waals surface area (Å²) >= 11 is 5.85. The lowest BCUT2D eigenvalue weighted by Crippen LogP contribution is -2.21. The molecule has 1 N–H and O–H groups in total. The summed E-state index contributed by atoms with van der Waals surface area (Å²) in [6, 6.07) is 15.0. The Balaban J connectivity index is 2.04. The second kappa shape index (κ2) is 10.1. The van der Waals surface area contributed by atoms with Gasteiger partial charge < -0.3 is 15.0 Å². The molecule has 0 fully saturated rings. The van der Waals surface area contributed by atoms with Crippen molar-refractivity contribution in [2.24, 2.45) is 10.3 Å². The first kappa shape index (κ1) is 19.4. The average molecular weight is 370 g/mol. The molecule has 0 amide bonds. The van der Waals surface area contributed by atoms with E-state index in [0.29, 0.717) is 23.2 Å². The van der Waals surface area contributed by atoms with E-state index in [1.165, 1.54) is 7.11 Å². The molecule has 134 valence electrons. The van der Waals surface area contributed by atoms with Gasteiger partial charge in [0, 0.05) is 28.8 Å². The van der Waals surface area contributed by atoms with E-state index in [9.17, 15) is 0 Å². The standard InChI is InChI=1S/C20H20ClN3O2/c1-15(8-9-16-10-12-18(21)13-11-16)23-26-14-17-6-4-5-7-19(17)20(22-2)24-25-3/h4-7,10-13H,14H2,1-3H3,(H,22,24)/b23-15+. The summed E-state index contributed by atoms with van der Waals surface area (Å²) in [6.07, 6.45) is 0. The third-order valence-electron chi connectivity index (χ3n) is 3.35. The molecule has 0 aliphatic rings. The zero-order chi connectivity index (χ0) is 18.8. The number of rotatable bonds is 5. The smallest absolute Gasteiger partial charge is 0.173 e. The molecule has 0 bridgehead atoms. The number of benzene rings is 2. The van der Waals surface area contributed by atoms with Gasteiger partial charge in [0.25, 0.3) is 0 Å². The van der Waals surface area contributed by atoms with Crippen LogP contribution in [-0.4, -0.2) is 25.7 Å². The van der Waals surface area contributed by atoms with E-state index in [0.717, 1.165) is 16.7 Å². The topological polar surface area (TPSA) is 55.2 Å². The number of nitrogens with one attached hydrogen (secondary N) is 1. The summed E-state index contributed by atoms with van der Waals surface area (Å²) in [5.41, 5.74) is 3.26. The van der Waals surface area contributed by atoms with Crippen molar-refractivity contribution in [1.29, 1.82) is 0 Å². The summed E-state index contributed by atoms with van der Waals surface area (Å²) < 4.78 is 0. The average Bonchev–Trinajstić information content (AvgIpc) is 2.66. The van der Waals surface area contributed by atoms with Crippen LogP contribution in [0.5, 0.6) is 0 Å². The van der Waals surface area contributed by atoms with Gasteiger partial charge >= 0.3 is 0 Å². The Hall–Kier alpha value is -2.97. The first-order chi connectivity index (χ1) is 12.6. The number of nitrogens with zero attached hydrogens (tertiary/aromatic N) is 2. The normalized spacial score (nSPS) is 11.4. The zero-order valence-corrected chi connectivity index (χ0v) is 15.7. The predicted octanol–water partition coefficient (Wildman–Crippen LogP) is 3.81. The first-order valence-corrected chi connectivity index (χ1v) is 8.33. The molecule has 0 unspecified atom stereocenters. The van der Waals surface area contributed by atoms with Gasteiger partial charge in [0.15, 0.2) is 5.84 Å². The maximum atomic E-state index is 5.85. The van der Waals surface area contributed by atoms with Crippen molar-refractivity contribution in [2.45, 2.75) is 13.5 Å². The molecule has 2 aromatic rings. The molecule has 0 saturated carbocycles. The van der Waals surface area contributed by atoms with Crippen LogP contribution in [0, 0.1) is 11.8 Å². The molecule has 2 rings (SSSR count). The Kier molecular flexibility index (Phi) is 7.53. The second-order valence-corrected chi connectivity index (χ2v) is 5.67. The molecule has 0 radical (unpaired) electrons. The third kappa shape index (κ3) is 5.83. The van der Waals surface area contributed by atoms with Crippen LogP contribution in [0.1, 0.15) is 23.6 Å². The summed E-state index contributed by atoms with van der Waals surface area (Å²) in [6.45, 7) is 2.08. The highest BCUT2D eigenvalue weighted by molar-refractivity contribution is 6.30. The maximum absolute atomic E-state index is 5.85. The molecule has 0 aliphatic heterocycles. The molecule has 0 aliphatic carbocycles. The lowest BCUT2D eigenvalue weighted by Gasteiger charge is -2.10. The molecule has 0 spiro atoms. The van der Waals surface area contributed by atoms with Crippen LogP contribution in [-0.2, 0) is 16.3 Å². The van der Waals surface area contributed by atoms with Gasteiger partial charge in [-0.2, -0.15) is 0 Å². The fourth-order valence-corrected chi connectivity index (χ4v) is 2.24. The van der Waals surface area contributed by atoms with E-state index < -0.39 is 0 Å². The largest absolute Gasteiger partial charge is 0.397 e. The molecule has 5 nitrogen and oxygen atoms in total. The van der Waals surface area contributed by atoms with Gasteiger partial charge in [-0.3, -0.25) is 0 Å². The van der Waals surface area contributed by atoms with E-state index in [4.69, 9.17) is 21.3 Å². The molecule has 0 heterocycles. The van der Waals surface area contributed by atoms with Crippen molar-refractivity contribution in [3.63, 3.8) is 0 Å². The van der Waals surface area contributed by atoms with Gasteiger partial charge in [-0.15, -0.1) is 0 Å². The zero-order valence-electron chi connectivity index (χ0n) is 14.9. The number of hydrogen-bond acceptors (Lipinski definition) is 4. The van der Waals surface area contributed by atoms with Crippen LogP contribution in [0.2, 0.25) is 5.02 Å². The van der Waals surface area contributed by atoms with E-state index in [1.807, 2.05) is 36.4 Å². The summed E-state index contributed by atoms with van der Waals surface area (Å²) in [4.78, 5) is 10.3. The van der Waals surface area contributed by atoms with Crippen LogP contribution < -0.4 is 5.32 Å². The van der Waals surface area contributed by atoms with Crippen LogP contribution in [0.4, 0.5) is 0 Å². The minimum atomic E-state index is 0.292. The van der Waals surface area contributed by atoms with Crippen LogP contribution >= 0.6 is 11.6 Å². The van der Waals surface area contributed by atoms with Gasteiger partial charge in [0.1, 0.15) is 19.4 Å². The summed E-state index contributed by atoms with van der Waals surface area (Å²) in [5, 5.41) is 11.7. The number of hydrogen-bond donors (Lipinski definition) is 1. The van der Waals surface area contributed by atoms with Crippen molar-refractivity contribution in [3.8, 4) is 11.8 Å². The SMILES string of the molecule is CN/C(=N/OC)c1ccccc1CO/N=C(\C)C#Cc1ccc(Cl)cc1. The first-order valence-electron chi connectivity index (χ1n) is 7.95. The highest BCUT2D eigenvalue weighted by atomic mass is 35.5. The predicted molar refractivity (Wildman–Crippen MR) is 105 cm³/mol. The Morgan fingerprint density at radius 1 is 1.12 bits per heavy atom. The highest BCUT2D eigenvalue weighted by Gasteiger charge is 2.08. The van der Waals surface area contributed by atoms with Gasteiger partial charge in [0.05, 0.1) is 0 Å². The van der Waals surface area contributed by atoms with Gasteiger partial charge in [-0.1, -0.05) is 52.1 Å². The summed E-state index contributed by atoms with van der Waals surface area (Å²) in [7, 11) is 3.29. The third-order valence-corrected chi connectivity index (χ3v) is 3.60. The lowest BCUT2D eigenvalue weighted by molar-refractivity contribution is 0.130. The minimum absolute atomic E-state index is 0.292. The molecule has 0 atom stereocenters. The van der Waals surface area contributed by atoms with Crippen molar-refractivity contribution >= 4 is 23.1 Å². The summed E-state index contributed by atoms with van der Waals surface area (Å²) in [5.74, 6) is 6.58. The monoisotopic (exact) mass is 369 g/mol. The lowest BCUT2D eigenvalue weighted by atomic mass is 10.1. The fraction of sp³-hybridized carbons (Fsp3) is 0.200. The second-order valence-electron chi connectivity index (χ2n) is 5.24.